The van der Waals surface area contributed by atoms with Crippen molar-refractivity contribution in [2.45, 2.75) is 13.3 Å². The highest BCUT2D eigenvalue weighted by Crippen LogP contribution is 2.33. The molecular formula is C12H10NO3S3-. The van der Waals surface area contributed by atoms with E-state index in [9.17, 15) is 14.7 Å². The molecule has 0 aromatic carbocycles. The normalized spacial score (nSPS) is 17.5. The number of hydrogen-bond acceptors (Lipinski definition) is 6. The number of aryl methyl sites for hydroxylation is 1. The molecular weight excluding hydrogens is 302 g/mol. The van der Waals surface area contributed by atoms with Crippen LogP contribution in [0, 0.1) is 6.92 Å². The lowest BCUT2D eigenvalue weighted by molar-refractivity contribution is -0.305. The van der Waals surface area contributed by atoms with Crippen LogP contribution in [0.4, 0.5) is 0 Å². The van der Waals surface area contributed by atoms with Crippen molar-refractivity contribution < 1.29 is 14.7 Å². The largest absolute Gasteiger partial charge is 0.550 e. The molecule has 0 N–H and O–H groups in total. The molecule has 0 bridgehead atoms. The van der Waals surface area contributed by atoms with Gasteiger partial charge in [-0.3, -0.25) is 9.69 Å². The van der Waals surface area contributed by atoms with Crippen LogP contribution in [0.5, 0.6) is 0 Å². The number of carboxylic acid groups (broad SMARTS) is 1. The third kappa shape index (κ3) is 3.23. The molecule has 0 unspecified atom stereocenters. The van der Waals surface area contributed by atoms with E-state index >= 15 is 0 Å². The van der Waals surface area contributed by atoms with Crippen LogP contribution in [0.1, 0.15) is 16.9 Å². The molecule has 7 heteroatoms. The lowest BCUT2D eigenvalue weighted by atomic mass is 10.2. The second-order valence-electron chi connectivity index (χ2n) is 3.92. The maximum atomic E-state index is 12.1. The fourth-order valence-corrected chi connectivity index (χ4v) is 3.77. The Bertz CT molecular complexity index is 577. The third-order valence-corrected chi connectivity index (χ3v) is 4.92. The number of hydrogen-bond donors (Lipinski definition) is 0. The highest BCUT2D eigenvalue weighted by atomic mass is 32.2. The number of thioether (sulfide) groups is 1. The first-order valence-corrected chi connectivity index (χ1v) is 7.59. The summed E-state index contributed by atoms with van der Waals surface area (Å²) in [6.07, 6.45) is 1.59. The molecule has 0 saturated carbocycles. The Morgan fingerprint density at radius 3 is 2.89 bits per heavy atom. The van der Waals surface area contributed by atoms with Crippen LogP contribution in [-0.4, -0.2) is 27.6 Å². The quantitative estimate of drug-likeness (QED) is 0.621. The Kier molecular flexibility index (Phi) is 4.38. The van der Waals surface area contributed by atoms with Gasteiger partial charge in [-0.2, -0.15) is 0 Å². The molecule has 1 fully saturated rings. The van der Waals surface area contributed by atoms with Crippen molar-refractivity contribution in [3.05, 3.63) is 26.8 Å². The predicted molar refractivity (Wildman–Crippen MR) is 78.6 cm³/mol. The Labute approximate surface area is 124 Å². The minimum Gasteiger partial charge on any atom is -0.550 e. The lowest BCUT2D eigenvalue weighted by Gasteiger charge is -2.14. The van der Waals surface area contributed by atoms with Crippen LogP contribution in [0.3, 0.4) is 0 Å². The molecule has 1 saturated heterocycles. The van der Waals surface area contributed by atoms with Gasteiger partial charge in [-0.05, 0) is 30.0 Å². The Morgan fingerprint density at radius 2 is 2.32 bits per heavy atom. The lowest BCUT2D eigenvalue weighted by Crippen LogP contribution is -2.33. The zero-order chi connectivity index (χ0) is 14.0. The van der Waals surface area contributed by atoms with E-state index < -0.39 is 5.97 Å². The van der Waals surface area contributed by atoms with Gasteiger partial charge in [0, 0.05) is 23.8 Å². The maximum absolute atomic E-state index is 12.1. The first-order chi connectivity index (χ1) is 8.99. The number of nitrogens with zero attached hydrogens (tertiary/aromatic N) is 1. The summed E-state index contributed by atoms with van der Waals surface area (Å²) in [5.74, 6) is -1.42. The number of carbonyl (C=O) groups is 2. The Morgan fingerprint density at radius 1 is 1.58 bits per heavy atom. The summed E-state index contributed by atoms with van der Waals surface area (Å²) in [4.78, 5) is 25.4. The number of amides is 1. The van der Waals surface area contributed by atoms with Crippen LogP contribution in [0.25, 0.3) is 6.08 Å². The van der Waals surface area contributed by atoms with Gasteiger partial charge in [0.25, 0.3) is 5.91 Å². The van der Waals surface area contributed by atoms with Crippen molar-refractivity contribution in [2.75, 3.05) is 6.54 Å². The van der Waals surface area contributed by atoms with Gasteiger partial charge in [0.1, 0.15) is 4.32 Å². The van der Waals surface area contributed by atoms with Gasteiger partial charge >= 0.3 is 0 Å². The smallest absolute Gasteiger partial charge is 0.266 e. The van der Waals surface area contributed by atoms with E-state index in [0.29, 0.717) is 9.23 Å². The van der Waals surface area contributed by atoms with Gasteiger partial charge in [-0.15, -0.1) is 11.3 Å². The molecule has 0 atom stereocenters. The summed E-state index contributed by atoms with van der Waals surface area (Å²) >= 11 is 7.85. The first kappa shape index (κ1) is 14.2. The van der Waals surface area contributed by atoms with Crippen LogP contribution >= 0.6 is 35.3 Å². The molecule has 1 aliphatic heterocycles. The van der Waals surface area contributed by atoms with Crippen molar-refractivity contribution in [3.8, 4) is 0 Å². The maximum Gasteiger partial charge on any atom is 0.266 e. The molecule has 2 rings (SSSR count). The fourth-order valence-electron chi connectivity index (χ4n) is 1.55. The molecule has 1 aromatic heterocycles. The van der Waals surface area contributed by atoms with Crippen molar-refractivity contribution in [2.24, 2.45) is 0 Å². The number of carboxylic acids is 1. The van der Waals surface area contributed by atoms with Gasteiger partial charge in [0.05, 0.1) is 4.91 Å². The molecule has 100 valence electrons. The van der Waals surface area contributed by atoms with E-state index in [1.807, 2.05) is 18.4 Å². The van der Waals surface area contributed by atoms with E-state index in [0.717, 1.165) is 10.4 Å². The van der Waals surface area contributed by atoms with Crippen molar-refractivity contribution >= 4 is 57.6 Å². The average molecular weight is 312 g/mol. The van der Waals surface area contributed by atoms with E-state index in [1.165, 1.54) is 16.7 Å². The van der Waals surface area contributed by atoms with E-state index in [-0.39, 0.29) is 18.9 Å². The highest BCUT2D eigenvalue weighted by molar-refractivity contribution is 8.26. The molecule has 1 amide bonds. The van der Waals surface area contributed by atoms with Gasteiger partial charge in [0.2, 0.25) is 0 Å². The van der Waals surface area contributed by atoms with E-state index in [1.54, 1.807) is 17.4 Å². The molecule has 0 aliphatic carbocycles. The van der Waals surface area contributed by atoms with Gasteiger partial charge in [-0.1, -0.05) is 24.0 Å². The fraction of sp³-hybridized carbons (Fsp3) is 0.250. The monoisotopic (exact) mass is 312 g/mol. The number of thiophene rings is 1. The predicted octanol–water partition coefficient (Wildman–Crippen LogP) is 1.40. The van der Waals surface area contributed by atoms with E-state index in [4.69, 9.17) is 12.2 Å². The summed E-state index contributed by atoms with van der Waals surface area (Å²) in [5, 5.41) is 12.4. The third-order valence-electron chi connectivity index (χ3n) is 2.58. The van der Waals surface area contributed by atoms with Crippen LogP contribution < -0.4 is 5.11 Å². The van der Waals surface area contributed by atoms with Crippen LogP contribution in [-0.2, 0) is 9.59 Å². The number of thiocarbonyl (C=S) groups is 1. The average Bonchev–Trinajstić information content (AvgIpc) is 2.84. The summed E-state index contributed by atoms with van der Waals surface area (Å²) < 4.78 is 0.395. The second kappa shape index (κ2) is 5.85. The molecule has 4 nitrogen and oxygen atoms in total. The highest BCUT2D eigenvalue weighted by Gasteiger charge is 2.31. The van der Waals surface area contributed by atoms with Gasteiger partial charge in [-0.25, -0.2) is 0 Å². The summed E-state index contributed by atoms with van der Waals surface area (Å²) in [5.41, 5.74) is 1.10. The molecule has 0 radical (unpaired) electrons. The second-order valence-corrected chi connectivity index (χ2v) is 6.55. The van der Waals surface area contributed by atoms with Gasteiger partial charge in [0.15, 0.2) is 0 Å². The molecule has 0 spiro atoms. The number of aliphatic carboxylic acids is 1. The topological polar surface area (TPSA) is 60.4 Å². The SMILES string of the molecule is Cc1ccsc1/C=C1\SC(=S)N(CCC(=O)[O-])C1=O. The summed E-state index contributed by atoms with van der Waals surface area (Å²) in [7, 11) is 0. The van der Waals surface area contributed by atoms with Crippen molar-refractivity contribution in [1.82, 2.24) is 4.90 Å². The van der Waals surface area contributed by atoms with E-state index in [2.05, 4.69) is 0 Å². The minimum atomic E-state index is -1.19. The van der Waals surface area contributed by atoms with Crippen molar-refractivity contribution in [1.29, 1.82) is 0 Å². The molecule has 2 heterocycles. The van der Waals surface area contributed by atoms with Gasteiger partial charge < -0.3 is 9.90 Å². The summed E-state index contributed by atoms with van der Waals surface area (Å²) in [6, 6.07) is 1.98. The zero-order valence-electron chi connectivity index (χ0n) is 10.0. The summed E-state index contributed by atoms with van der Waals surface area (Å²) in [6.45, 7) is 2.03. The first-order valence-electron chi connectivity index (χ1n) is 5.48. The van der Waals surface area contributed by atoms with Crippen molar-refractivity contribution in [3.63, 3.8) is 0 Å². The Hall–Kier alpha value is -1.18. The van der Waals surface area contributed by atoms with Crippen LogP contribution in [0.15, 0.2) is 16.4 Å². The standard InChI is InChI=1S/C12H11NO3S3/c1-7-3-5-18-8(7)6-9-11(16)13(12(17)19-9)4-2-10(14)15/h3,5-6H,2,4H2,1H3,(H,14,15)/p-1/b9-6-. The number of carbonyl (C=O) groups excluding carboxylic acids is 2. The minimum absolute atomic E-state index is 0.0633. The molecule has 1 aliphatic rings. The molecule has 19 heavy (non-hydrogen) atoms. The molecule has 1 aromatic rings. The zero-order valence-corrected chi connectivity index (χ0v) is 12.5. The van der Waals surface area contributed by atoms with Crippen LogP contribution in [0.2, 0.25) is 0 Å². The number of rotatable bonds is 4. The Balaban J connectivity index is 2.16.